The van der Waals surface area contributed by atoms with E-state index in [0.29, 0.717) is 11.9 Å². The van der Waals surface area contributed by atoms with E-state index in [-0.39, 0.29) is 0 Å². The van der Waals surface area contributed by atoms with Crippen molar-refractivity contribution < 1.29 is 13.6 Å². The number of hydrogen-bond donors (Lipinski definition) is 0. The van der Waals surface area contributed by atoms with Crippen LogP contribution >= 0.6 is 0 Å². The lowest BCUT2D eigenvalue weighted by atomic mass is 10.2. The molecule has 0 aliphatic heterocycles. The number of para-hydroxylation sites is 1. The van der Waals surface area contributed by atoms with Gasteiger partial charge >= 0.3 is 0 Å². The van der Waals surface area contributed by atoms with E-state index in [9.17, 15) is 0 Å². The summed E-state index contributed by atoms with van der Waals surface area (Å²) in [4.78, 5) is 0. The van der Waals surface area contributed by atoms with Crippen molar-refractivity contribution in [1.82, 2.24) is 0 Å². The highest BCUT2D eigenvalue weighted by Gasteiger charge is 2.11. The molecular formula is C16H10O3. The third kappa shape index (κ3) is 1.67. The van der Waals surface area contributed by atoms with Gasteiger partial charge in [-0.25, -0.2) is 0 Å². The second-order valence-electron chi connectivity index (χ2n) is 4.32. The standard InChI is InChI=1S/C16H10O3/c1-3-7-13-12(6-1)10-17-16(13)19-15-9-11-5-2-4-8-14(11)18-15/h1-10H. The summed E-state index contributed by atoms with van der Waals surface area (Å²) in [6, 6.07) is 17.5. The van der Waals surface area contributed by atoms with Gasteiger partial charge in [-0.1, -0.05) is 36.4 Å². The number of ether oxygens (including phenoxy) is 1. The van der Waals surface area contributed by atoms with Gasteiger partial charge < -0.3 is 13.6 Å². The molecule has 2 aromatic carbocycles. The van der Waals surface area contributed by atoms with E-state index < -0.39 is 0 Å². The molecule has 0 spiro atoms. The Hall–Kier alpha value is -2.68. The fourth-order valence-corrected chi connectivity index (χ4v) is 2.14. The smallest absolute Gasteiger partial charge is 0.300 e. The zero-order chi connectivity index (χ0) is 12.7. The monoisotopic (exact) mass is 250 g/mol. The molecule has 0 aliphatic carbocycles. The molecule has 0 radical (unpaired) electrons. The van der Waals surface area contributed by atoms with E-state index in [4.69, 9.17) is 13.6 Å². The van der Waals surface area contributed by atoms with Crippen LogP contribution in [0.4, 0.5) is 0 Å². The van der Waals surface area contributed by atoms with E-state index in [1.807, 2.05) is 54.6 Å². The lowest BCUT2D eigenvalue weighted by Crippen LogP contribution is -1.78. The maximum atomic E-state index is 5.68. The first kappa shape index (κ1) is 10.3. The molecule has 0 N–H and O–H groups in total. The summed E-state index contributed by atoms with van der Waals surface area (Å²) >= 11 is 0. The fourth-order valence-electron chi connectivity index (χ4n) is 2.14. The van der Waals surface area contributed by atoms with Crippen LogP contribution in [0.2, 0.25) is 0 Å². The third-order valence-corrected chi connectivity index (χ3v) is 3.07. The molecule has 0 atom stereocenters. The Morgan fingerprint density at radius 2 is 1.63 bits per heavy atom. The summed E-state index contributed by atoms with van der Waals surface area (Å²) < 4.78 is 16.7. The van der Waals surface area contributed by atoms with Crippen LogP contribution in [-0.4, -0.2) is 0 Å². The van der Waals surface area contributed by atoms with Crippen molar-refractivity contribution in [2.24, 2.45) is 0 Å². The minimum Gasteiger partial charge on any atom is -0.433 e. The first-order valence-electron chi connectivity index (χ1n) is 6.03. The normalized spacial score (nSPS) is 11.2. The second-order valence-corrected chi connectivity index (χ2v) is 4.32. The highest BCUT2D eigenvalue weighted by atomic mass is 16.6. The Labute approximate surface area is 109 Å². The van der Waals surface area contributed by atoms with Crippen molar-refractivity contribution in [3.05, 3.63) is 60.9 Å². The van der Waals surface area contributed by atoms with Gasteiger partial charge in [-0.2, -0.15) is 0 Å². The van der Waals surface area contributed by atoms with Gasteiger partial charge in [-0.3, -0.25) is 0 Å². The van der Waals surface area contributed by atoms with Gasteiger partial charge in [0.15, 0.2) is 0 Å². The van der Waals surface area contributed by atoms with Crippen LogP contribution in [0.5, 0.6) is 11.9 Å². The maximum Gasteiger partial charge on any atom is 0.300 e. The van der Waals surface area contributed by atoms with E-state index in [1.165, 1.54) is 0 Å². The van der Waals surface area contributed by atoms with Crippen LogP contribution in [0, 0.1) is 0 Å². The van der Waals surface area contributed by atoms with Crippen LogP contribution in [0.15, 0.2) is 69.7 Å². The summed E-state index contributed by atoms with van der Waals surface area (Å²) in [5.74, 6) is 0.885. The highest BCUT2D eigenvalue weighted by Crippen LogP contribution is 2.34. The molecule has 2 heterocycles. The molecule has 0 fully saturated rings. The van der Waals surface area contributed by atoms with Crippen LogP contribution in [0.25, 0.3) is 21.7 Å². The van der Waals surface area contributed by atoms with Crippen molar-refractivity contribution in [3.63, 3.8) is 0 Å². The fraction of sp³-hybridized carbons (Fsp3) is 0. The first-order valence-corrected chi connectivity index (χ1v) is 6.03. The Bertz CT molecular complexity index is 821. The average Bonchev–Trinajstić information content (AvgIpc) is 3.03. The lowest BCUT2D eigenvalue weighted by Gasteiger charge is -1.96. The van der Waals surface area contributed by atoms with Gasteiger partial charge in [-0.05, 0) is 12.1 Å². The molecule has 3 heteroatoms. The quantitative estimate of drug-likeness (QED) is 0.503. The molecule has 4 rings (SSSR count). The molecule has 0 amide bonds. The van der Waals surface area contributed by atoms with Crippen molar-refractivity contribution in [3.8, 4) is 11.9 Å². The topological polar surface area (TPSA) is 35.5 Å². The summed E-state index contributed by atoms with van der Waals surface area (Å²) in [6.45, 7) is 0. The second kappa shape index (κ2) is 3.92. The molecule has 3 nitrogen and oxygen atoms in total. The van der Waals surface area contributed by atoms with Crippen LogP contribution in [-0.2, 0) is 0 Å². The predicted octanol–water partition coefficient (Wildman–Crippen LogP) is 4.97. The van der Waals surface area contributed by atoms with Gasteiger partial charge in [0.05, 0.1) is 5.39 Å². The summed E-state index contributed by atoms with van der Waals surface area (Å²) in [5, 5.41) is 2.95. The molecule has 0 bridgehead atoms. The molecule has 19 heavy (non-hydrogen) atoms. The molecule has 4 aromatic rings. The minimum absolute atomic E-state index is 0.432. The van der Waals surface area contributed by atoms with E-state index in [2.05, 4.69) is 0 Å². The summed E-state index contributed by atoms with van der Waals surface area (Å²) in [5.41, 5.74) is 0.799. The lowest BCUT2D eigenvalue weighted by molar-refractivity contribution is 0.291. The number of hydrogen-bond acceptors (Lipinski definition) is 3. The van der Waals surface area contributed by atoms with Gasteiger partial charge in [0.2, 0.25) is 0 Å². The van der Waals surface area contributed by atoms with Crippen molar-refractivity contribution in [2.45, 2.75) is 0 Å². The Balaban J connectivity index is 1.78. The van der Waals surface area contributed by atoms with Gasteiger partial charge in [-0.15, -0.1) is 0 Å². The van der Waals surface area contributed by atoms with Crippen LogP contribution in [0.1, 0.15) is 0 Å². The van der Waals surface area contributed by atoms with Crippen molar-refractivity contribution >= 4 is 21.7 Å². The van der Waals surface area contributed by atoms with Crippen LogP contribution in [0.3, 0.4) is 0 Å². The molecular weight excluding hydrogens is 240 g/mol. The SMILES string of the molecule is c1ccc2oc(Oc3occ4ccccc34)cc2c1. The maximum absolute atomic E-state index is 5.68. The Kier molecular flexibility index (Phi) is 2.12. The Morgan fingerprint density at radius 3 is 2.53 bits per heavy atom. The molecule has 2 aromatic heterocycles. The predicted molar refractivity (Wildman–Crippen MR) is 72.5 cm³/mol. The van der Waals surface area contributed by atoms with Crippen molar-refractivity contribution in [2.75, 3.05) is 0 Å². The van der Waals surface area contributed by atoms with E-state index in [1.54, 1.807) is 6.26 Å². The molecule has 92 valence electrons. The molecule has 0 unspecified atom stereocenters. The largest absolute Gasteiger partial charge is 0.433 e. The average molecular weight is 250 g/mol. The number of fused-ring (bicyclic) bond motifs is 2. The van der Waals surface area contributed by atoms with Crippen LogP contribution < -0.4 is 4.74 Å². The number of benzene rings is 2. The van der Waals surface area contributed by atoms with E-state index in [0.717, 1.165) is 21.7 Å². The van der Waals surface area contributed by atoms with Crippen molar-refractivity contribution in [1.29, 1.82) is 0 Å². The molecule has 0 saturated heterocycles. The minimum atomic E-state index is 0.432. The van der Waals surface area contributed by atoms with Gasteiger partial charge in [0.25, 0.3) is 11.9 Å². The molecule has 0 aliphatic rings. The number of rotatable bonds is 2. The zero-order valence-electron chi connectivity index (χ0n) is 10.00. The van der Waals surface area contributed by atoms with Gasteiger partial charge in [0, 0.05) is 16.8 Å². The zero-order valence-corrected chi connectivity index (χ0v) is 10.00. The van der Waals surface area contributed by atoms with E-state index >= 15 is 0 Å². The third-order valence-electron chi connectivity index (χ3n) is 3.07. The highest BCUT2D eigenvalue weighted by molar-refractivity contribution is 5.86. The Morgan fingerprint density at radius 1 is 0.842 bits per heavy atom. The van der Waals surface area contributed by atoms with Gasteiger partial charge in [0.1, 0.15) is 11.8 Å². The first-order chi connectivity index (χ1) is 9.40. The number of furan rings is 2. The molecule has 0 saturated carbocycles. The summed E-state index contributed by atoms with van der Waals surface area (Å²) in [6.07, 6.45) is 1.67. The summed E-state index contributed by atoms with van der Waals surface area (Å²) in [7, 11) is 0.